The number of fused-ring (bicyclic) bond motifs is 1. The van der Waals surface area contributed by atoms with Crippen molar-refractivity contribution in [1.82, 2.24) is 5.43 Å². The number of rotatable bonds is 7. The number of halogens is 1. The minimum atomic E-state index is -0.543. The zero-order valence-electron chi connectivity index (χ0n) is 18.2. The number of carbonyl (C=O) groups excluding carboxylic acids is 2. The van der Waals surface area contributed by atoms with Crippen LogP contribution in [-0.2, 0) is 0 Å². The van der Waals surface area contributed by atoms with Gasteiger partial charge in [-0.05, 0) is 72.3 Å². The summed E-state index contributed by atoms with van der Waals surface area (Å²) >= 11 is 7.63. The summed E-state index contributed by atoms with van der Waals surface area (Å²) in [5, 5.41) is 5.08. The van der Waals surface area contributed by atoms with Gasteiger partial charge in [0.1, 0.15) is 22.1 Å². The average Bonchev–Trinajstić information content (AvgIpc) is 3.20. The van der Waals surface area contributed by atoms with Gasteiger partial charge in [-0.3, -0.25) is 4.79 Å². The second-order valence-electron chi connectivity index (χ2n) is 6.99. The van der Waals surface area contributed by atoms with Crippen molar-refractivity contribution in [3.8, 4) is 17.2 Å². The van der Waals surface area contributed by atoms with Gasteiger partial charge >= 0.3 is 5.97 Å². The number of methoxy groups -OCH3 is 2. The summed E-state index contributed by atoms with van der Waals surface area (Å²) in [6.45, 7) is 0. The van der Waals surface area contributed by atoms with E-state index >= 15 is 0 Å². The van der Waals surface area contributed by atoms with Crippen LogP contribution in [0.3, 0.4) is 0 Å². The monoisotopic (exact) mass is 494 g/mol. The molecule has 0 aliphatic rings. The van der Waals surface area contributed by atoms with E-state index < -0.39 is 5.97 Å². The molecule has 1 amide bonds. The topological polar surface area (TPSA) is 86.2 Å². The Bertz CT molecular complexity index is 1360. The number of hydrazone groups is 1. The van der Waals surface area contributed by atoms with Crippen LogP contribution in [0, 0.1) is 0 Å². The Kier molecular flexibility index (Phi) is 7.10. The van der Waals surface area contributed by atoms with Crippen molar-refractivity contribution in [2.45, 2.75) is 0 Å². The lowest BCUT2D eigenvalue weighted by Gasteiger charge is -2.04. The summed E-state index contributed by atoms with van der Waals surface area (Å²) in [4.78, 5) is 25.1. The molecule has 9 heteroatoms. The molecule has 0 aliphatic heterocycles. The van der Waals surface area contributed by atoms with Crippen LogP contribution >= 0.6 is 22.9 Å². The molecule has 172 valence electrons. The first kappa shape index (κ1) is 23.3. The molecule has 0 atom stereocenters. The van der Waals surface area contributed by atoms with Crippen molar-refractivity contribution in [1.29, 1.82) is 0 Å². The zero-order chi connectivity index (χ0) is 24.1. The number of nitrogens with zero attached hydrogens (tertiary/aromatic N) is 1. The third-order valence-electron chi connectivity index (χ3n) is 4.84. The predicted octanol–water partition coefficient (Wildman–Crippen LogP) is 5.56. The molecule has 0 bridgehead atoms. The average molecular weight is 495 g/mol. The Morgan fingerprint density at radius 1 is 0.912 bits per heavy atom. The van der Waals surface area contributed by atoms with Crippen molar-refractivity contribution < 1.29 is 23.8 Å². The minimum Gasteiger partial charge on any atom is -0.497 e. The fourth-order valence-corrected chi connectivity index (χ4v) is 4.46. The lowest BCUT2D eigenvalue weighted by atomic mass is 10.2. The Balaban J connectivity index is 1.37. The third-order valence-corrected chi connectivity index (χ3v) is 6.48. The van der Waals surface area contributed by atoms with E-state index in [4.69, 9.17) is 25.8 Å². The Hall–Kier alpha value is -3.88. The molecular weight excluding hydrogens is 476 g/mol. The summed E-state index contributed by atoms with van der Waals surface area (Å²) < 4.78 is 16.6. The minimum absolute atomic E-state index is 0.316. The second-order valence-corrected chi connectivity index (χ2v) is 8.42. The highest BCUT2D eigenvalue weighted by Crippen LogP contribution is 2.37. The van der Waals surface area contributed by atoms with Crippen molar-refractivity contribution in [2.24, 2.45) is 5.10 Å². The maximum atomic E-state index is 12.7. The molecule has 0 radical (unpaired) electrons. The molecule has 1 N–H and O–H groups in total. The molecule has 34 heavy (non-hydrogen) atoms. The van der Waals surface area contributed by atoms with Crippen molar-refractivity contribution in [3.63, 3.8) is 0 Å². The SMILES string of the molecule is COc1ccc(C(=O)NN=Cc2ccc(OC(=O)c3sc4cc(OC)ccc4c3Cl)cc2)cc1. The van der Waals surface area contributed by atoms with E-state index in [0.717, 1.165) is 10.1 Å². The third kappa shape index (κ3) is 5.19. The van der Waals surface area contributed by atoms with Crippen molar-refractivity contribution in [2.75, 3.05) is 14.2 Å². The van der Waals surface area contributed by atoms with Gasteiger partial charge in [0.25, 0.3) is 5.91 Å². The number of carbonyl (C=O) groups is 2. The number of benzene rings is 3. The first-order valence-corrected chi connectivity index (χ1v) is 11.2. The largest absolute Gasteiger partial charge is 0.497 e. The molecule has 0 saturated carbocycles. The summed E-state index contributed by atoms with van der Waals surface area (Å²) in [6.07, 6.45) is 1.49. The van der Waals surface area contributed by atoms with Gasteiger partial charge in [-0.1, -0.05) is 11.6 Å². The molecule has 4 aromatic rings. The highest BCUT2D eigenvalue weighted by molar-refractivity contribution is 7.21. The predicted molar refractivity (Wildman–Crippen MR) is 133 cm³/mol. The first-order chi connectivity index (χ1) is 16.5. The van der Waals surface area contributed by atoms with E-state index in [1.54, 1.807) is 68.8 Å². The van der Waals surface area contributed by atoms with Gasteiger partial charge in [0.05, 0.1) is 25.5 Å². The Morgan fingerprint density at radius 3 is 2.24 bits per heavy atom. The molecule has 0 saturated heterocycles. The number of hydrogen-bond acceptors (Lipinski definition) is 7. The van der Waals surface area contributed by atoms with Crippen LogP contribution in [-0.4, -0.2) is 32.3 Å². The van der Waals surface area contributed by atoms with Gasteiger partial charge in [-0.25, -0.2) is 10.2 Å². The number of amides is 1. The quantitative estimate of drug-likeness (QED) is 0.157. The second kappa shape index (κ2) is 10.4. The van der Waals surface area contributed by atoms with Crippen molar-refractivity contribution >= 4 is 51.1 Å². The molecular formula is C25H19ClN2O5S. The van der Waals surface area contributed by atoms with Crippen molar-refractivity contribution in [3.05, 3.63) is 87.8 Å². The van der Waals surface area contributed by atoms with Crippen LogP contribution in [0.2, 0.25) is 5.02 Å². The summed E-state index contributed by atoms with van der Waals surface area (Å²) in [6, 6.07) is 18.8. The zero-order valence-corrected chi connectivity index (χ0v) is 19.8. The number of nitrogens with one attached hydrogen (secondary N) is 1. The highest BCUT2D eigenvalue weighted by atomic mass is 35.5. The lowest BCUT2D eigenvalue weighted by molar-refractivity contribution is 0.0739. The van der Waals surface area contributed by atoms with Crippen LogP contribution in [0.5, 0.6) is 17.2 Å². The van der Waals surface area contributed by atoms with E-state index in [2.05, 4.69) is 10.5 Å². The number of esters is 1. The molecule has 3 aromatic carbocycles. The lowest BCUT2D eigenvalue weighted by Crippen LogP contribution is -2.17. The fraction of sp³-hybridized carbons (Fsp3) is 0.0800. The van der Waals surface area contributed by atoms with Crippen LogP contribution in [0.15, 0.2) is 71.8 Å². The standard InChI is InChI=1S/C25H19ClN2O5S/c1-31-17-9-5-16(6-10-17)24(29)28-27-14-15-3-7-18(8-4-15)33-25(30)23-22(26)20-12-11-19(32-2)13-21(20)34-23/h3-14H,1-2H3,(H,28,29). The van der Waals surface area contributed by atoms with Crippen LogP contribution in [0.4, 0.5) is 0 Å². The maximum Gasteiger partial charge on any atom is 0.355 e. The van der Waals surface area contributed by atoms with E-state index in [1.807, 2.05) is 12.1 Å². The molecule has 0 unspecified atom stereocenters. The van der Waals surface area contributed by atoms with E-state index in [-0.39, 0.29) is 5.91 Å². The highest BCUT2D eigenvalue weighted by Gasteiger charge is 2.19. The number of hydrogen-bond donors (Lipinski definition) is 1. The van der Waals surface area contributed by atoms with Gasteiger partial charge in [-0.15, -0.1) is 11.3 Å². The fourth-order valence-electron chi connectivity index (χ4n) is 3.05. The van der Waals surface area contributed by atoms with Gasteiger partial charge in [0.15, 0.2) is 0 Å². The van der Waals surface area contributed by atoms with Crippen LogP contribution < -0.4 is 19.6 Å². The molecule has 0 fully saturated rings. The molecule has 1 aromatic heterocycles. The first-order valence-electron chi connectivity index (χ1n) is 10.0. The van der Waals surface area contributed by atoms with E-state index in [0.29, 0.717) is 38.3 Å². The van der Waals surface area contributed by atoms with Gasteiger partial charge in [0.2, 0.25) is 0 Å². The Labute approximate surface area is 204 Å². The molecule has 4 rings (SSSR count). The number of thiophene rings is 1. The molecule has 7 nitrogen and oxygen atoms in total. The molecule has 0 aliphatic carbocycles. The smallest absolute Gasteiger partial charge is 0.355 e. The van der Waals surface area contributed by atoms with E-state index in [9.17, 15) is 9.59 Å². The molecule has 1 heterocycles. The molecule has 0 spiro atoms. The van der Waals surface area contributed by atoms with Gasteiger partial charge in [-0.2, -0.15) is 5.10 Å². The summed E-state index contributed by atoms with van der Waals surface area (Å²) in [5.74, 6) is 0.814. The Morgan fingerprint density at radius 2 is 1.56 bits per heavy atom. The normalized spacial score (nSPS) is 10.9. The summed E-state index contributed by atoms with van der Waals surface area (Å²) in [5.41, 5.74) is 3.63. The number of ether oxygens (including phenoxy) is 3. The summed E-state index contributed by atoms with van der Waals surface area (Å²) in [7, 11) is 3.14. The van der Waals surface area contributed by atoms with E-state index in [1.165, 1.54) is 17.6 Å². The van der Waals surface area contributed by atoms with Gasteiger partial charge < -0.3 is 14.2 Å². The van der Waals surface area contributed by atoms with Crippen LogP contribution in [0.1, 0.15) is 25.6 Å². The van der Waals surface area contributed by atoms with Gasteiger partial charge in [0, 0.05) is 15.6 Å². The van der Waals surface area contributed by atoms with Crippen LogP contribution in [0.25, 0.3) is 10.1 Å². The maximum absolute atomic E-state index is 12.7.